The van der Waals surface area contributed by atoms with E-state index >= 15 is 0 Å². The number of carbonyl (C=O) groups is 1. The Morgan fingerprint density at radius 1 is 1.06 bits per heavy atom. The zero-order chi connectivity index (χ0) is 24.1. The molecule has 1 N–H and O–H groups in total. The van der Waals surface area contributed by atoms with Crippen molar-refractivity contribution in [3.05, 3.63) is 60.0 Å². The number of benzene rings is 1. The van der Waals surface area contributed by atoms with Crippen molar-refractivity contribution in [1.82, 2.24) is 9.97 Å². The van der Waals surface area contributed by atoms with Gasteiger partial charge in [0.05, 0.1) is 12.6 Å². The van der Waals surface area contributed by atoms with Gasteiger partial charge in [0.2, 0.25) is 0 Å². The molecule has 0 bridgehead atoms. The summed E-state index contributed by atoms with van der Waals surface area (Å²) in [4.78, 5) is 21.4. The highest BCUT2D eigenvalue weighted by Gasteiger charge is 2.40. The van der Waals surface area contributed by atoms with Gasteiger partial charge in [-0.05, 0) is 61.7 Å². The van der Waals surface area contributed by atoms with Crippen molar-refractivity contribution in [1.29, 1.82) is 0 Å². The van der Waals surface area contributed by atoms with Gasteiger partial charge in [-0.25, -0.2) is 9.78 Å². The molecule has 3 rings (SSSR count). The number of aryl methyl sites for hydroxylation is 1. The van der Waals surface area contributed by atoms with Crippen LogP contribution in [-0.4, -0.2) is 37.9 Å². The third-order valence-corrected chi connectivity index (χ3v) is 10.6. The van der Waals surface area contributed by atoms with Crippen LogP contribution in [0.1, 0.15) is 49.8 Å². The Hall–Kier alpha value is -2.93. The molecule has 0 aliphatic heterocycles. The zero-order valence-electron chi connectivity index (χ0n) is 20.6. The molecule has 0 aliphatic carbocycles. The molecule has 176 valence electrons. The molecule has 0 radical (unpaired) electrons. The lowest BCUT2D eigenvalue weighted by Gasteiger charge is -2.36. The predicted molar refractivity (Wildman–Crippen MR) is 137 cm³/mol. The van der Waals surface area contributed by atoms with Crippen molar-refractivity contribution in [3.8, 4) is 5.75 Å². The number of esters is 1. The molecule has 0 amide bonds. The normalized spacial score (nSPS) is 11.9. The fraction of sp³-hybridized carbons (Fsp3) is 0.423. The first-order valence-electron chi connectivity index (χ1n) is 11.5. The molecular formula is C26H35N3O3Si. The van der Waals surface area contributed by atoms with Crippen LogP contribution in [0.5, 0.6) is 5.75 Å². The first kappa shape index (κ1) is 24.7. The number of ether oxygens (including phenoxy) is 1. The summed E-state index contributed by atoms with van der Waals surface area (Å²) >= 11 is 0. The third-order valence-electron chi connectivity index (χ3n) is 6.29. The Morgan fingerprint density at radius 2 is 1.82 bits per heavy atom. The molecule has 0 fully saturated rings. The van der Waals surface area contributed by atoms with E-state index < -0.39 is 14.3 Å². The minimum atomic E-state index is -2.10. The van der Waals surface area contributed by atoms with Gasteiger partial charge in [-0.3, -0.25) is 4.98 Å². The topological polar surface area (TPSA) is 73.3 Å². The Labute approximate surface area is 197 Å². The Morgan fingerprint density at radius 3 is 2.55 bits per heavy atom. The number of pyridine rings is 2. The maximum Gasteiger partial charge on any atom is 0.360 e. The molecule has 33 heavy (non-hydrogen) atoms. The number of nitrogens with zero attached hydrogens (tertiary/aromatic N) is 2. The van der Waals surface area contributed by atoms with Gasteiger partial charge in [0.15, 0.2) is 5.69 Å². The van der Waals surface area contributed by atoms with E-state index in [9.17, 15) is 4.79 Å². The summed E-state index contributed by atoms with van der Waals surface area (Å²) in [5.74, 6) is 0.0558. The minimum Gasteiger partial charge on any atom is -0.542 e. The second kappa shape index (κ2) is 10.3. The first-order chi connectivity index (χ1) is 15.6. The van der Waals surface area contributed by atoms with Crippen LogP contribution in [-0.2, 0) is 11.2 Å². The smallest absolute Gasteiger partial charge is 0.360 e. The SMILES string of the molecule is COC(=O)c1nc(CCCCNc2ccnc3ccccc23)ccc1O[Si](C)(C)C(C)(C)C. The highest BCUT2D eigenvalue weighted by molar-refractivity contribution is 6.74. The van der Waals surface area contributed by atoms with Crippen molar-refractivity contribution in [2.24, 2.45) is 0 Å². The van der Waals surface area contributed by atoms with E-state index in [4.69, 9.17) is 9.16 Å². The summed E-state index contributed by atoms with van der Waals surface area (Å²) in [5.41, 5.74) is 3.22. The number of nitrogens with one attached hydrogen (secondary N) is 1. The van der Waals surface area contributed by atoms with Gasteiger partial charge >= 0.3 is 5.97 Å². The average molecular weight is 466 g/mol. The zero-order valence-corrected chi connectivity index (χ0v) is 21.6. The lowest BCUT2D eigenvalue weighted by Crippen LogP contribution is -2.44. The van der Waals surface area contributed by atoms with Crippen molar-refractivity contribution in [2.75, 3.05) is 19.0 Å². The molecule has 2 aromatic heterocycles. The summed E-state index contributed by atoms with van der Waals surface area (Å²) in [5, 5.41) is 4.66. The average Bonchev–Trinajstić information content (AvgIpc) is 2.78. The Balaban J connectivity index is 1.61. The maximum absolute atomic E-state index is 12.4. The van der Waals surface area contributed by atoms with Crippen molar-refractivity contribution in [2.45, 2.75) is 58.2 Å². The number of rotatable bonds is 9. The van der Waals surface area contributed by atoms with Crippen LogP contribution in [0, 0.1) is 0 Å². The van der Waals surface area contributed by atoms with Crippen LogP contribution < -0.4 is 9.74 Å². The van der Waals surface area contributed by atoms with E-state index in [1.54, 1.807) is 0 Å². The van der Waals surface area contributed by atoms with E-state index in [-0.39, 0.29) is 10.7 Å². The molecule has 3 aromatic rings. The fourth-order valence-electron chi connectivity index (χ4n) is 3.28. The number of carbonyl (C=O) groups excluding carboxylic acids is 1. The Bertz CT molecular complexity index is 1100. The van der Waals surface area contributed by atoms with E-state index in [0.29, 0.717) is 5.75 Å². The monoisotopic (exact) mass is 465 g/mol. The molecule has 1 aromatic carbocycles. The quantitative estimate of drug-likeness (QED) is 0.229. The highest BCUT2D eigenvalue weighted by atomic mass is 28.4. The summed E-state index contributed by atoms with van der Waals surface area (Å²) in [7, 11) is -0.725. The Kier molecular flexibility index (Phi) is 7.74. The van der Waals surface area contributed by atoms with Gasteiger partial charge in [-0.1, -0.05) is 39.0 Å². The number of methoxy groups -OCH3 is 1. The standard InChI is InChI=1S/C26H35N3O3Si/c1-26(2,3)33(5,6)32-23-15-14-19(29-24(23)25(30)31-4)11-9-10-17-27-22-16-18-28-21-13-8-7-12-20(21)22/h7-8,12-16,18H,9-11,17H2,1-6H3,(H,27,28). The van der Waals surface area contributed by atoms with Crippen LogP contribution in [0.25, 0.3) is 10.9 Å². The fourth-order valence-corrected chi connectivity index (χ4v) is 4.30. The molecule has 2 heterocycles. The van der Waals surface area contributed by atoms with Crippen LogP contribution >= 0.6 is 0 Å². The van der Waals surface area contributed by atoms with Crippen LogP contribution in [0.2, 0.25) is 18.1 Å². The minimum absolute atomic E-state index is 0.0200. The number of unbranched alkanes of at least 4 members (excludes halogenated alkanes) is 1. The number of anilines is 1. The molecule has 7 heteroatoms. The van der Waals surface area contributed by atoms with Gasteiger partial charge in [0, 0.05) is 29.5 Å². The molecule has 6 nitrogen and oxygen atoms in total. The summed E-state index contributed by atoms with van der Waals surface area (Å²) in [6.45, 7) is 11.7. The molecule has 0 unspecified atom stereocenters. The number of aromatic nitrogens is 2. The largest absolute Gasteiger partial charge is 0.542 e. The summed E-state index contributed by atoms with van der Waals surface area (Å²) in [6, 6.07) is 14.0. The van der Waals surface area contributed by atoms with Crippen molar-refractivity contribution < 1.29 is 14.0 Å². The highest BCUT2D eigenvalue weighted by Crippen LogP contribution is 2.38. The molecule has 0 saturated carbocycles. The second-order valence-corrected chi connectivity index (χ2v) is 14.5. The van der Waals surface area contributed by atoms with Gasteiger partial charge in [-0.2, -0.15) is 0 Å². The number of hydrogen-bond donors (Lipinski definition) is 1. The van der Waals surface area contributed by atoms with E-state index in [2.05, 4.69) is 55.2 Å². The van der Waals surface area contributed by atoms with E-state index in [1.807, 2.05) is 42.6 Å². The van der Waals surface area contributed by atoms with E-state index in [1.165, 1.54) is 7.11 Å². The summed E-state index contributed by atoms with van der Waals surface area (Å²) in [6.07, 6.45) is 4.54. The van der Waals surface area contributed by atoms with E-state index in [0.717, 1.165) is 48.1 Å². The van der Waals surface area contributed by atoms with Gasteiger partial charge in [-0.15, -0.1) is 0 Å². The van der Waals surface area contributed by atoms with Crippen molar-refractivity contribution >= 4 is 30.9 Å². The molecule has 0 spiro atoms. The van der Waals surface area contributed by atoms with Gasteiger partial charge in [0.1, 0.15) is 5.75 Å². The second-order valence-electron chi connectivity index (χ2n) is 9.76. The molecule has 0 saturated heterocycles. The lowest BCUT2D eigenvalue weighted by atomic mass is 10.1. The van der Waals surface area contributed by atoms with Gasteiger partial charge in [0.25, 0.3) is 8.32 Å². The van der Waals surface area contributed by atoms with Crippen LogP contribution in [0.15, 0.2) is 48.7 Å². The number of fused-ring (bicyclic) bond motifs is 1. The third kappa shape index (κ3) is 6.10. The molecule has 0 aliphatic rings. The lowest BCUT2D eigenvalue weighted by molar-refractivity contribution is 0.0591. The first-order valence-corrected chi connectivity index (χ1v) is 14.4. The molecule has 0 atom stereocenters. The maximum atomic E-state index is 12.4. The van der Waals surface area contributed by atoms with Crippen LogP contribution in [0.4, 0.5) is 5.69 Å². The van der Waals surface area contributed by atoms with Crippen LogP contribution in [0.3, 0.4) is 0 Å². The number of hydrogen-bond acceptors (Lipinski definition) is 6. The van der Waals surface area contributed by atoms with Gasteiger partial charge < -0.3 is 14.5 Å². The molecular weight excluding hydrogens is 430 g/mol. The summed E-state index contributed by atoms with van der Waals surface area (Å²) < 4.78 is 11.3. The van der Waals surface area contributed by atoms with Crippen molar-refractivity contribution in [3.63, 3.8) is 0 Å². The number of para-hydroxylation sites is 1. The predicted octanol–water partition coefficient (Wildman–Crippen LogP) is 6.24.